The Labute approximate surface area is 108 Å². The summed E-state index contributed by atoms with van der Waals surface area (Å²) in [5.41, 5.74) is 5.95. The second-order valence-electron chi connectivity index (χ2n) is 4.32. The minimum atomic E-state index is -0.495. The molecule has 0 aromatic heterocycles. The Morgan fingerprint density at radius 3 is 2.88 bits per heavy atom. The Hall–Kier alpha value is -0.940. The summed E-state index contributed by atoms with van der Waals surface area (Å²) < 4.78 is 14.3. The predicted octanol–water partition coefficient (Wildman–Crippen LogP) is 2.15. The van der Waals surface area contributed by atoms with Crippen LogP contribution >= 0.6 is 15.9 Å². The Morgan fingerprint density at radius 1 is 1.59 bits per heavy atom. The molecule has 17 heavy (non-hydrogen) atoms. The van der Waals surface area contributed by atoms with Crippen LogP contribution in [-0.4, -0.2) is 29.4 Å². The predicted molar refractivity (Wildman–Crippen MR) is 67.2 cm³/mol. The Kier molecular flexibility index (Phi) is 3.49. The van der Waals surface area contributed by atoms with Gasteiger partial charge < -0.3 is 10.6 Å². The van der Waals surface area contributed by atoms with Gasteiger partial charge in [-0.1, -0.05) is 15.9 Å². The number of hydrogen-bond acceptors (Lipinski definition) is 2. The fourth-order valence-corrected chi connectivity index (χ4v) is 2.43. The number of likely N-dealkylation sites (tertiary alicyclic amines) is 1. The Balaban J connectivity index is 2.28. The fourth-order valence-electron chi connectivity index (χ4n) is 2.07. The van der Waals surface area contributed by atoms with E-state index in [4.69, 9.17) is 5.73 Å². The van der Waals surface area contributed by atoms with E-state index in [1.807, 2.05) is 6.92 Å². The van der Waals surface area contributed by atoms with Crippen molar-refractivity contribution < 1.29 is 9.18 Å². The first-order valence-electron chi connectivity index (χ1n) is 5.52. The molecule has 0 spiro atoms. The topological polar surface area (TPSA) is 46.3 Å². The fraction of sp³-hybridized carbons (Fsp3) is 0.417. The number of amides is 1. The van der Waals surface area contributed by atoms with Crippen LogP contribution in [0.4, 0.5) is 4.39 Å². The maximum Gasteiger partial charge on any atom is 0.257 e. The lowest BCUT2D eigenvalue weighted by Crippen LogP contribution is -2.40. The van der Waals surface area contributed by atoms with Crippen LogP contribution in [0.15, 0.2) is 22.7 Å². The van der Waals surface area contributed by atoms with Gasteiger partial charge in [-0.15, -0.1) is 0 Å². The zero-order valence-electron chi connectivity index (χ0n) is 9.49. The molecule has 5 heteroatoms. The second-order valence-corrected chi connectivity index (χ2v) is 5.23. The van der Waals surface area contributed by atoms with Gasteiger partial charge in [0.05, 0.1) is 5.56 Å². The number of halogens is 2. The SMILES string of the molecule is CC1C(N)CCN1C(=O)c1cc(Br)ccc1F. The maximum atomic E-state index is 13.6. The van der Waals surface area contributed by atoms with E-state index in [0.29, 0.717) is 11.0 Å². The molecule has 3 nitrogen and oxygen atoms in total. The van der Waals surface area contributed by atoms with E-state index in [-0.39, 0.29) is 23.6 Å². The van der Waals surface area contributed by atoms with Crippen molar-refractivity contribution in [1.82, 2.24) is 4.90 Å². The lowest BCUT2D eigenvalue weighted by molar-refractivity contribution is 0.0737. The van der Waals surface area contributed by atoms with Crippen LogP contribution in [0.25, 0.3) is 0 Å². The highest BCUT2D eigenvalue weighted by molar-refractivity contribution is 9.10. The zero-order valence-corrected chi connectivity index (χ0v) is 11.1. The molecule has 1 aromatic carbocycles. The van der Waals surface area contributed by atoms with E-state index in [2.05, 4.69) is 15.9 Å². The van der Waals surface area contributed by atoms with Crippen LogP contribution < -0.4 is 5.73 Å². The molecule has 1 aliphatic rings. The highest BCUT2D eigenvalue weighted by atomic mass is 79.9. The van der Waals surface area contributed by atoms with Crippen molar-refractivity contribution in [3.8, 4) is 0 Å². The van der Waals surface area contributed by atoms with Gasteiger partial charge in [-0.05, 0) is 31.5 Å². The van der Waals surface area contributed by atoms with Gasteiger partial charge in [0, 0.05) is 23.1 Å². The van der Waals surface area contributed by atoms with Crippen LogP contribution in [0, 0.1) is 5.82 Å². The smallest absolute Gasteiger partial charge is 0.257 e. The third-order valence-electron chi connectivity index (χ3n) is 3.23. The number of benzene rings is 1. The minimum Gasteiger partial charge on any atom is -0.334 e. The first-order valence-corrected chi connectivity index (χ1v) is 6.31. The molecule has 1 aromatic rings. The molecule has 0 radical (unpaired) electrons. The molecule has 1 amide bonds. The van der Waals surface area contributed by atoms with E-state index in [1.54, 1.807) is 11.0 Å². The second kappa shape index (κ2) is 4.74. The molecule has 1 fully saturated rings. The van der Waals surface area contributed by atoms with Crippen molar-refractivity contribution in [2.75, 3.05) is 6.54 Å². The summed E-state index contributed by atoms with van der Waals surface area (Å²) >= 11 is 3.24. The quantitative estimate of drug-likeness (QED) is 0.864. The molecule has 0 aliphatic carbocycles. The molecule has 0 saturated carbocycles. The van der Waals surface area contributed by atoms with Gasteiger partial charge in [0.2, 0.25) is 0 Å². The van der Waals surface area contributed by atoms with Crippen molar-refractivity contribution in [3.05, 3.63) is 34.1 Å². The molecule has 1 aliphatic heterocycles. The summed E-state index contributed by atoms with van der Waals surface area (Å²) in [6, 6.07) is 4.31. The van der Waals surface area contributed by atoms with E-state index in [9.17, 15) is 9.18 Å². The van der Waals surface area contributed by atoms with Gasteiger partial charge in [-0.2, -0.15) is 0 Å². The van der Waals surface area contributed by atoms with Crippen molar-refractivity contribution in [3.63, 3.8) is 0 Å². The summed E-state index contributed by atoms with van der Waals surface area (Å²) in [6.07, 6.45) is 0.766. The average Bonchev–Trinajstić information content (AvgIpc) is 2.62. The standard InChI is InChI=1S/C12H14BrFN2O/c1-7-11(15)4-5-16(7)12(17)9-6-8(13)2-3-10(9)14/h2-3,6-7,11H,4-5,15H2,1H3. The number of hydrogen-bond donors (Lipinski definition) is 1. The van der Waals surface area contributed by atoms with E-state index in [1.165, 1.54) is 12.1 Å². The molecular weight excluding hydrogens is 287 g/mol. The van der Waals surface area contributed by atoms with E-state index >= 15 is 0 Å². The molecular formula is C12H14BrFN2O. The third-order valence-corrected chi connectivity index (χ3v) is 3.73. The first kappa shape index (κ1) is 12.5. The molecule has 2 N–H and O–H groups in total. The molecule has 0 bridgehead atoms. The van der Waals surface area contributed by atoms with Gasteiger partial charge in [-0.25, -0.2) is 4.39 Å². The molecule has 2 unspecified atom stereocenters. The van der Waals surface area contributed by atoms with Gasteiger partial charge in [0.1, 0.15) is 5.82 Å². The zero-order chi connectivity index (χ0) is 12.6. The number of nitrogens with two attached hydrogens (primary N) is 1. The number of nitrogens with zero attached hydrogens (tertiary/aromatic N) is 1. The van der Waals surface area contributed by atoms with Crippen molar-refractivity contribution >= 4 is 21.8 Å². The maximum absolute atomic E-state index is 13.6. The molecule has 2 atom stereocenters. The molecule has 1 saturated heterocycles. The van der Waals surface area contributed by atoms with Crippen molar-refractivity contribution in [2.45, 2.75) is 25.4 Å². The monoisotopic (exact) mass is 300 g/mol. The number of carbonyl (C=O) groups is 1. The number of rotatable bonds is 1. The minimum absolute atomic E-state index is 0.0193. The van der Waals surface area contributed by atoms with Crippen molar-refractivity contribution in [2.24, 2.45) is 5.73 Å². The van der Waals surface area contributed by atoms with Gasteiger partial charge in [-0.3, -0.25) is 4.79 Å². The molecule has 2 rings (SSSR count). The summed E-state index contributed by atoms with van der Waals surface area (Å²) in [7, 11) is 0. The van der Waals surface area contributed by atoms with Gasteiger partial charge in [0.25, 0.3) is 5.91 Å². The summed E-state index contributed by atoms with van der Waals surface area (Å²) in [4.78, 5) is 13.8. The summed E-state index contributed by atoms with van der Waals surface area (Å²) in [5.74, 6) is -0.782. The average molecular weight is 301 g/mol. The third kappa shape index (κ3) is 2.35. The highest BCUT2D eigenvalue weighted by Gasteiger charge is 2.32. The van der Waals surface area contributed by atoms with Gasteiger partial charge >= 0.3 is 0 Å². The largest absolute Gasteiger partial charge is 0.334 e. The summed E-state index contributed by atoms with van der Waals surface area (Å²) in [5, 5.41) is 0. The first-order chi connectivity index (χ1) is 8.00. The number of carbonyl (C=O) groups excluding carboxylic acids is 1. The molecule has 92 valence electrons. The Bertz CT molecular complexity index is 452. The summed E-state index contributed by atoms with van der Waals surface area (Å²) in [6.45, 7) is 2.48. The van der Waals surface area contributed by atoms with Crippen LogP contribution in [-0.2, 0) is 0 Å². The van der Waals surface area contributed by atoms with Crippen LogP contribution in [0.3, 0.4) is 0 Å². The van der Waals surface area contributed by atoms with E-state index < -0.39 is 5.82 Å². The highest BCUT2D eigenvalue weighted by Crippen LogP contribution is 2.22. The van der Waals surface area contributed by atoms with E-state index in [0.717, 1.165) is 6.42 Å². The Morgan fingerprint density at radius 2 is 2.29 bits per heavy atom. The lowest BCUT2D eigenvalue weighted by atomic mass is 10.1. The van der Waals surface area contributed by atoms with Crippen LogP contribution in [0.5, 0.6) is 0 Å². The lowest BCUT2D eigenvalue weighted by Gasteiger charge is -2.23. The van der Waals surface area contributed by atoms with Crippen molar-refractivity contribution in [1.29, 1.82) is 0 Å². The van der Waals surface area contributed by atoms with Crippen LogP contribution in [0.2, 0.25) is 0 Å². The molecule has 1 heterocycles. The van der Waals surface area contributed by atoms with Crippen LogP contribution in [0.1, 0.15) is 23.7 Å². The normalized spacial score (nSPS) is 24.1. The van der Waals surface area contributed by atoms with Gasteiger partial charge in [0.15, 0.2) is 0 Å².